The first-order chi connectivity index (χ1) is 16.1. The molecule has 1 heterocycles. The monoisotopic (exact) mass is 468 g/mol. The molecule has 0 saturated carbocycles. The number of non-ortho nitro benzene ring substituents is 1. The summed E-state index contributed by atoms with van der Waals surface area (Å²) in [5.74, 6) is -0.902. The fourth-order valence-electron chi connectivity index (χ4n) is 3.80. The van der Waals surface area contributed by atoms with Gasteiger partial charge in [-0.15, -0.1) is 0 Å². The molecule has 2 aromatic carbocycles. The SMILES string of the molecule is COCCN1C(=O)C(=O)/C(=C(/O)c2ccc(OCC(C)C)c(C)c2)C1c1ccc([N+](=O)[O-])cc1. The van der Waals surface area contributed by atoms with Crippen molar-refractivity contribution in [2.75, 3.05) is 26.9 Å². The van der Waals surface area contributed by atoms with Crippen molar-refractivity contribution in [1.82, 2.24) is 4.90 Å². The number of ketones is 1. The molecule has 1 aliphatic rings. The normalized spacial score (nSPS) is 17.4. The lowest BCUT2D eigenvalue weighted by Crippen LogP contribution is -2.32. The minimum atomic E-state index is -0.909. The van der Waals surface area contributed by atoms with Crippen LogP contribution in [0.15, 0.2) is 48.0 Å². The van der Waals surface area contributed by atoms with Gasteiger partial charge in [-0.25, -0.2) is 0 Å². The average molecular weight is 469 g/mol. The van der Waals surface area contributed by atoms with E-state index in [0.717, 1.165) is 5.56 Å². The highest BCUT2D eigenvalue weighted by molar-refractivity contribution is 6.46. The standard InChI is InChI=1S/C25H28N2O7/c1-15(2)14-34-20-10-7-18(13-16(20)3)23(28)21-22(17-5-8-19(9-6-17)27(31)32)26(11-12-33-4)25(30)24(21)29/h5-10,13,15,22,28H,11-12,14H2,1-4H3/b23-21+. The number of carbonyl (C=O) groups is 2. The first-order valence-electron chi connectivity index (χ1n) is 10.9. The van der Waals surface area contributed by atoms with Gasteiger partial charge in [0.2, 0.25) is 0 Å². The molecular weight excluding hydrogens is 440 g/mol. The van der Waals surface area contributed by atoms with Crippen molar-refractivity contribution in [3.63, 3.8) is 0 Å². The first-order valence-corrected chi connectivity index (χ1v) is 10.9. The van der Waals surface area contributed by atoms with Crippen LogP contribution in [0, 0.1) is 23.0 Å². The molecule has 1 fully saturated rings. The third-order valence-electron chi connectivity index (χ3n) is 5.52. The smallest absolute Gasteiger partial charge is 0.295 e. The Morgan fingerprint density at radius 1 is 1.18 bits per heavy atom. The Labute approximate surface area is 197 Å². The molecule has 1 unspecified atom stereocenters. The van der Waals surface area contributed by atoms with E-state index in [-0.39, 0.29) is 30.2 Å². The summed E-state index contributed by atoms with van der Waals surface area (Å²) in [5.41, 5.74) is 1.41. The lowest BCUT2D eigenvalue weighted by Gasteiger charge is -2.25. The fraction of sp³-hybridized carbons (Fsp3) is 0.360. The number of ether oxygens (including phenoxy) is 2. The van der Waals surface area contributed by atoms with Crippen LogP contribution in [0.1, 0.15) is 36.6 Å². The van der Waals surface area contributed by atoms with E-state index in [9.17, 15) is 24.8 Å². The molecule has 3 rings (SSSR count). The van der Waals surface area contributed by atoms with Gasteiger partial charge in [0, 0.05) is 31.4 Å². The number of methoxy groups -OCH3 is 1. The molecule has 34 heavy (non-hydrogen) atoms. The molecule has 1 saturated heterocycles. The van der Waals surface area contributed by atoms with Crippen molar-refractivity contribution in [3.8, 4) is 5.75 Å². The third-order valence-corrected chi connectivity index (χ3v) is 5.52. The second-order valence-corrected chi connectivity index (χ2v) is 8.52. The Morgan fingerprint density at radius 2 is 1.85 bits per heavy atom. The summed E-state index contributed by atoms with van der Waals surface area (Å²) in [6, 6.07) is 9.70. The maximum Gasteiger partial charge on any atom is 0.295 e. The number of aliphatic hydroxyl groups is 1. The zero-order chi connectivity index (χ0) is 25.0. The van der Waals surface area contributed by atoms with Crippen molar-refractivity contribution < 1.29 is 29.1 Å². The zero-order valence-corrected chi connectivity index (χ0v) is 19.6. The number of rotatable bonds is 9. The average Bonchev–Trinajstić information content (AvgIpc) is 3.06. The Hall–Kier alpha value is -3.72. The highest BCUT2D eigenvalue weighted by Crippen LogP contribution is 2.40. The number of carbonyl (C=O) groups excluding carboxylic acids is 2. The molecule has 0 aromatic heterocycles. The van der Waals surface area contributed by atoms with E-state index >= 15 is 0 Å². The fourth-order valence-corrected chi connectivity index (χ4v) is 3.80. The van der Waals surface area contributed by atoms with E-state index < -0.39 is 22.7 Å². The van der Waals surface area contributed by atoms with Gasteiger partial charge in [-0.05, 0) is 54.3 Å². The largest absolute Gasteiger partial charge is 0.507 e. The molecule has 9 nitrogen and oxygen atoms in total. The summed E-state index contributed by atoms with van der Waals surface area (Å²) in [6.45, 7) is 6.74. The minimum absolute atomic E-state index is 0.0785. The summed E-state index contributed by atoms with van der Waals surface area (Å²) in [4.78, 5) is 37.7. The molecular formula is C25H28N2O7. The highest BCUT2D eigenvalue weighted by atomic mass is 16.6. The van der Waals surface area contributed by atoms with Crippen molar-refractivity contribution >= 4 is 23.1 Å². The van der Waals surface area contributed by atoms with Crippen molar-refractivity contribution in [1.29, 1.82) is 0 Å². The molecule has 1 atom stereocenters. The number of aryl methyl sites for hydroxylation is 1. The van der Waals surface area contributed by atoms with Crippen LogP contribution in [-0.4, -0.2) is 53.5 Å². The second-order valence-electron chi connectivity index (χ2n) is 8.52. The van der Waals surface area contributed by atoms with E-state index in [0.29, 0.717) is 29.4 Å². The number of benzene rings is 2. The highest BCUT2D eigenvalue weighted by Gasteiger charge is 2.46. The number of nitro groups is 1. The van der Waals surface area contributed by atoms with Crippen molar-refractivity contribution in [2.24, 2.45) is 5.92 Å². The lowest BCUT2D eigenvalue weighted by atomic mass is 9.94. The molecule has 9 heteroatoms. The van der Waals surface area contributed by atoms with Gasteiger partial charge in [0.15, 0.2) is 0 Å². The molecule has 2 aromatic rings. The molecule has 0 spiro atoms. The zero-order valence-electron chi connectivity index (χ0n) is 19.6. The quantitative estimate of drug-likeness (QED) is 0.194. The predicted octanol–water partition coefficient (Wildman–Crippen LogP) is 4.01. The van der Waals surface area contributed by atoms with Gasteiger partial charge in [-0.2, -0.15) is 0 Å². The van der Waals surface area contributed by atoms with Crippen LogP contribution in [-0.2, 0) is 14.3 Å². The summed E-state index contributed by atoms with van der Waals surface area (Å²) in [7, 11) is 1.48. The van der Waals surface area contributed by atoms with Crippen LogP contribution in [0.2, 0.25) is 0 Å². The van der Waals surface area contributed by atoms with Gasteiger partial charge in [-0.1, -0.05) is 13.8 Å². The van der Waals surface area contributed by atoms with Gasteiger partial charge < -0.3 is 19.5 Å². The molecule has 1 N–H and O–H groups in total. The number of likely N-dealkylation sites (tertiary alicyclic amines) is 1. The maximum absolute atomic E-state index is 13.0. The van der Waals surface area contributed by atoms with Crippen molar-refractivity contribution in [2.45, 2.75) is 26.8 Å². The van der Waals surface area contributed by atoms with Crippen LogP contribution in [0.5, 0.6) is 5.75 Å². The Kier molecular flexibility index (Phi) is 7.68. The van der Waals surface area contributed by atoms with Gasteiger partial charge in [0.1, 0.15) is 11.5 Å². The minimum Gasteiger partial charge on any atom is -0.507 e. The number of nitro benzene ring substituents is 1. The maximum atomic E-state index is 13.0. The topological polar surface area (TPSA) is 119 Å². The molecule has 1 amide bonds. The molecule has 180 valence electrons. The van der Waals surface area contributed by atoms with Crippen molar-refractivity contribution in [3.05, 3.63) is 74.8 Å². The summed E-state index contributed by atoms with van der Waals surface area (Å²) in [6.07, 6.45) is 0. The lowest BCUT2D eigenvalue weighted by molar-refractivity contribution is -0.384. The van der Waals surface area contributed by atoms with Gasteiger partial charge in [-0.3, -0.25) is 19.7 Å². The van der Waals surface area contributed by atoms with Gasteiger partial charge in [0.05, 0.1) is 29.8 Å². The number of aliphatic hydroxyl groups excluding tert-OH is 1. The molecule has 0 radical (unpaired) electrons. The molecule has 0 bridgehead atoms. The number of Topliss-reactive ketones (excluding diaryl/α,β-unsaturated/α-hetero) is 1. The van der Waals surface area contributed by atoms with Crippen LogP contribution in [0.4, 0.5) is 5.69 Å². The van der Waals surface area contributed by atoms with Crippen LogP contribution >= 0.6 is 0 Å². The second kappa shape index (κ2) is 10.5. The number of hydrogen-bond donors (Lipinski definition) is 1. The van der Waals surface area contributed by atoms with Gasteiger partial charge in [0.25, 0.3) is 17.4 Å². The first kappa shape index (κ1) is 24.9. The number of hydrogen-bond acceptors (Lipinski definition) is 7. The van der Waals surface area contributed by atoms with Crippen LogP contribution < -0.4 is 4.74 Å². The van der Waals surface area contributed by atoms with E-state index in [1.165, 1.54) is 36.3 Å². The van der Waals surface area contributed by atoms with E-state index in [2.05, 4.69) is 0 Å². The van der Waals surface area contributed by atoms with E-state index in [1.54, 1.807) is 18.2 Å². The van der Waals surface area contributed by atoms with Crippen LogP contribution in [0.25, 0.3) is 5.76 Å². The number of amides is 1. The summed E-state index contributed by atoms with van der Waals surface area (Å²) >= 11 is 0. The Morgan fingerprint density at radius 3 is 2.41 bits per heavy atom. The summed E-state index contributed by atoms with van der Waals surface area (Å²) in [5, 5.41) is 22.2. The van der Waals surface area contributed by atoms with E-state index in [1.807, 2.05) is 20.8 Å². The Bertz CT molecular complexity index is 1120. The Balaban J connectivity index is 2.08. The van der Waals surface area contributed by atoms with Crippen LogP contribution in [0.3, 0.4) is 0 Å². The van der Waals surface area contributed by atoms with E-state index in [4.69, 9.17) is 9.47 Å². The molecule has 0 aliphatic carbocycles. The number of nitrogens with zero attached hydrogens (tertiary/aromatic N) is 2. The van der Waals surface area contributed by atoms with Gasteiger partial charge >= 0.3 is 0 Å². The summed E-state index contributed by atoms with van der Waals surface area (Å²) < 4.78 is 10.9. The predicted molar refractivity (Wildman–Crippen MR) is 125 cm³/mol. The molecule has 1 aliphatic heterocycles. The third kappa shape index (κ3) is 5.09.